The Morgan fingerprint density at radius 3 is 2.94 bits per heavy atom. The van der Waals surface area contributed by atoms with E-state index in [2.05, 4.69) is 29.2 Å². The van der Waals surface area contributed by atoms with Crippen LogP contribution in [0.15, 0.2) is 29.6 Å². The van der Waals surface area contributed by atoms with E-state index in [1.54, 1.807) is 11.3 Å². The van der Waals surface area contributed by atoms with Crippen LogP contribution in [0.5, 0.6) is 0 Å². The predicted octanol–water partition coefficient (Wildman–Crippen LogP) is 4.43. The minimum absolute atomic E-state index is 0.499. The van der Waals surface area contributed by atoms with Crippen molar-refractivity contribution in [2.24, 2.45) is 0 Å². The molecule has 0 atom stereocenters. The number of aromatic nitrogens is 1. The number of thiazole rings is 1. The van der Waals surface area contributed by atoms with Crippen LogP contribution in [0.25, 0.3) is 10.6 Å². The van der Waals surface area contributed by atoms with Gasteiger partial charge in [0.1, 0.15) is 5.01 Å². The van der Waals surface area contributed by atoms with E-state index in [9.17, 15) is 0 Å². The van der Waals surface area contributed by atoms with E-state index in [0.29, 0.717) is 5.88 Å². The van der Waals surface area contributed by atoms with Crippen molar-refractivity contribution in [2.75, 3.05) is 0 Å². The summed E-state index contributed by atoms with van der Waals surface area (Å²) in [5, 5.41) is 3.12. The molecule has 0 radical (unpaired) electrons. The van der Waals surface area contributed by atoms with E-state index in [0.717, 1.165) is 16.6 Å². The molecule has 0 unspecified atom stereocenters. The number of hydrogen-bond donors (Lipinski definition) is 0. The molecule has 1 aliphatic carbocycles. The summed E-state index contributed by atoms with van der Waals surface area (Å²) in [6, 6.07) is 8.75. The average molecular weight is 250 g/mol. The topological polar surface area (TPSA) is 12.9 Å². The number of alkyl halides is 1. The number of nitrogens with zero attached hydrogens (tertiary/aromatic N) is 1. The normalized spacial score (nSPS) is 15.3. The van der Waals surface area contributed by atoms with E-state index >= 15 is 0 Å². The summed E-state index contributed by atoms with van der Waals surface area (Å²) in [6.45, 7) is 0. The maximum Gasteiger partial charge on any atom is 0.123 e. The van der Waals surface area contributed by atoms with Crippen molar-refractivity contribution in [3.05, 3.63) is 40.9 Å². The van der Waals surface area contributed by atoms with Gasteiger partial charge in [-0.05, 0) is 30.4 Å². The largest absolute Gasteiger partial charge is 0.240 e. The third-order valence-electron chi connectivity index (χ3n) is 2.87. The second kappa shape index (κ2) is 4.19. The third-order valence-corrected chi connectivity index (χ3v) is 4.08. The fourth-order valence-corrected chi connectivity index (χ4v) is 2.89. The van der Waals surface area contributed by atoms with Gasteiger partial charge < -0.3 is 0 Å². The Morgan fingerprint density at radius 1 is 1.38 bits per heavy atom. The molecule has 1 aromatic heterocycles. The maximum absolute atomic E-state index is 5.76. The van der Waals surface area contributed by atoms with Gasteiger partial charge in [-0.2, -0.15) is 0 Å². The molecule has 0 amide bonds. The Kier molecular flexibility index (Phi) is 2.70. The highest BCUT2D eigenvalue weighted by Crippen LogP contribution is 2.41. The van der Waals surface area contributed by atoms with Crippen LogP contribution in [-0.4, -0.2) is 4.98 Å². The molecule has 0 bridgehead atoms. The van der Waals surface area contributed by atoms with Crippen molar-refractivity contribution in [3.63, 3.8) is 0 Å². The fourth-order valence-electron chi connectivity index (χ4n) is 1.84. The predicted molar refractivity (Wildman–Crippen MR) is 69.1 cm³/mol. The molecule has 1 nitrogen and oxygen atoms in total. The van der Waals surface area contributed by atoms with Crippen LogP contribution in [0.4, 0.5) is 0 Å². The Labute approximate surface area is 104 Å². The van der Waals surface area contributed by atoms with E-state index < -0.39 is 0 Å². The molecule has 1 aliphatic rings. The van der Waals surface area contributed by atoms with E-state index in [-0.39, 0.29) is 0 Å². The molecule has 0 N–H and O–H groups in total. The molecule has 16 heavy (non-hydrogen) atoms. The summed E-state index contributed by atoms with van der Waals surface area (Å²) < 4.78 is 0. The summed E-state index contributed by atoms with van der Waals surface area (Å²) in [5.74, 6) is 1.30. The lowest BCUT2D eigenvalue weighted by atomic mass is 10.1. The summed E-state index contributed by atoms with van der Waals surface area (Å²) in [7, 11) is 0. The Morgan fingerprint density at radius 2 is 2.25 bits per heavy atom. The lowest BCUT2D eigenvalue weighted by Gasteiger charge is -2.00. The first-order valence-electron chi connectivity index (χ1n) is 5.47. The first kappa shape index (κ1) is 10.3. The molecule has 82 valence electrons. The van der Waals surface area contributed by atoms with Crippen molar-refractivity contribution in [3.8, 4) is 10.6 Å². The number of benzene rings is 1. The van der Waals surface area contributed by atoms with Gasteiger partial charge in [-0.15, -0.1) is 22.9 Å². The molecule has 0 spiro atoms. The number of hydrogen-bond acceptors (Lipinski definition) is 2. The van der Waals surface area contributed by atoms with Gasteiger partial charge in [-0.3, -0.25) is 0 Å². The molecule has 3 rings (SSSR count). The zero-order valence-electron chi connectivity index (χ0n) is 8.82. The molecule has 3 heteroatoms. The van der Waals surface area contributed by atoms with Crippen LogP contribution in [0.1, 0.15) is 30.0 Å². The third kappa shape index (κ3) is 2.00. The molecular formula is C13H12ClNS. The Bertz CT molecular complexity index is 502. The van der Waals surface area contributed by atoms with Gasteiger partial charge in [0.25, 0.3) is 0 Å². The highest BCUT2D eigenvalue weighted by molar-refractivity contribution is 7.13. The van der Waals surface area contributed by atoms with Crippen molar-refractivity contribution < 1.29 is 0 Å². The summed E-state index contributed by atoms with van der Waals surface area (Å²) >= 11 is 7.44. The Hall–Kier alpha value is -0.860. The fraction of sp³-hybridized carbons (Fsp3) is 0.308. The van der Waals surface area contributed by atoms with E-state index in [1.807, 2.05) is 5.38 Å². The van der Waals surface area contributed by atoms with Crippen LogP contribution in [-0.2, 0) is 5.88 Å². The zero-order chi connectivity index (χ0) is 11.0. The lowest BCUT2D eigenvalue weighted by Crippen LogP contribution is -1.83. The minimum Gasteiger partial charge on any atom is -0.240 e. The quantitative estimate of drug-likeness (QED) is 0.734. The van der Waals surface area contributed by atoms with Crippen LogP contribution in [0.3, 0.4) is 0 Å². The lowest BCUT2D eigenvalue weighted by molar-refractivity contribution is 1.13. The zero-order valence-corrected chi connectivity index (χ0v) is 10.4. The van der Waals surface area contributed by atoms with Crippen LogP contribution in [0.2, 0.25) is 0 Å². The first-order chi connectivity index (χ1) is 7.86. The number of halogens is 1. The van der Waals surface area contributed by atoms with Crippen molar-refractivity contribution in [2.45, 2.75) is 24.6 Å². The van der Waals surface area contributed by atoms with E-state index in [4.69, 9.17) is 11.6 Å². The smallest absolute Gasteiger partial charge is 0.123 e. The number of rotatable bonds is 3. The second-order valence-corrected chi connectivity index (χ2v) is 5.30. The van der Waals surface area contributed by atoms with Gasteiger partial charge in [0.05, 0.1) is 11.6 Å². The highest BCUT2D eigenvalue weighted by atomic mass is 35.5. The van der Waals surface area contributed by atoms with Gasteiger partial charge in [-0.1, -0.05) is 18.2 Å². The average Bonchev–Trinajstić information content (AvgIpc) is 3.07. The molecule has 1 aromatic carbocycles. The minimum atomic E-state index is 0.499. The molecule has 0 saturated heterocycles. The van der Waals surface area contributed by atoms with Crippen molar-refractivity contribution in [1.82, 2.24) is 4.98 Å². The van der Waals surface area contributed by atoms with Crippen LogP contribution in [0, 0.1) is 0 Å². The molecular weight excluding hydrogens is 238 g/mol. The molecule has 1 heterocycles. The Balaban J connectivity index is 1.95. The van der Waals surface area contributed by atoms with E-state index in [1.165, 1.54) is 24.0 Å². The van der Waals surface area contributed by atoms with Gasteiger partial charge in [0.2, 0.25) is 0 Å². The van der Waals surface area contributed by atoms with Crippen molar-refractivity contribution in [1.29, 1.82) is 0 Å². The molecule has 0 aliphatic heterocycles. The molecule has 2 aromatic rings. The summed E-state index contributed by atoms with van der Waals surface area (Å²) in [6.07, 6.45) is 2.68. The highest BCUT2D eigenvalue weighted by Gasteiger charge is 2.23. The second-order valence-electron chi connectivity index (χ2n) is 4.18. The monoisotopic (exact) mass is 249 g/mol. The van der Waals surface area contributed by atoms with Gasteiger partial charge in [0, 0.05) is 10.9 Å². The molecule has 1 saturated carbocycles. The maximum atomic E-state index is 5.76. The van der Waals surface area contributed by atoms with Gasteiger partial charge >= 0.3 is 0 Å². The molecule has 1 fully saturated rings. The van der Waals surface area contributed by atoms with Gasteiger partial charge in [-0.25, -0.2) is 4.98 Å². The van der Waals surface area contributed by atoms with Crippen molar-refractivity contribution >= 4 is 22.9 Å². The van der Waals surface area contributed by atoms with Gasteiger partial charge in [0.15, 0.2) is 0 Å². The first-order valence-corrected chi connectivity index (χ1v) is 6.89. The van der Waals surface area contributed by atoms with Crippen LogP contribution < -0.4 is 0 Å². The summed E-state index contributed by atoms with van der Waals surface area (Å²) in [5.41, 5.74) is 3.66. The van der Waals surface area contributed by atoms with Crippen LogP contribution >= 0.6 is 22.9 Å². The summed E-state index contributed by atoms with van der Waals surface area (Å²) in [4.78, 5) is 4.51. The standard InChI is InChI=1S/C13H12ClNS/c14-7-12-8-16-13(15-12)11-3-1-2-10(6-11)9-4-5-9/h1-3,6,8-9H,4-5,7H2. The SMILES string of the molecule is ClCc1csc(-c2cccc(C3CC3)c2)n1.